The monoisotopic (exact) mass is 341 g/mol. The molecule has 88 valence electrons. The van der Waals surface area contributed by atoms with Gasteiger partial charge in [0.2, 0.25) is 0 Å². The summed E-state index contributed by atoms with van der Waals surface area (Å²) < 4.78 is 35.1. The zero-order valence-corrected chi connectivity index (χ0v) is 10.7. The van der Waals surface area contributed by atoms with Crippen LogP contribution in [0.3, 0.4) is 0 Å². The molecule has 0 spiro atoms. The molecule has 0 saturated carbocycles. The fourth-order valence-electron chi connectivity index (χ4n) is 1.57. The van der Waals surface area contributed by atoms with Crippen molar-refractivity contribution in [2.75, 3.05) is 18.5 Å². The van der Waals surface area contributed by atoms with Crippen LogP contribution in [0, 0.1) is 10.5 Å². The third kappa shape index (κ3) is 2.16. The van der Waals surface area contributed by atoms with Crippen molar-refractivity contribution in [3.63, 3.8) is 0 Å². The first kappa shape index (κ1) is 11.7. The minimum absolute atomic E-state index is 0.0900. The third-order valence-electron chi connectivity index (χ3n) is 2.31. The highest BCUT2D eigenvalue weighted by atomic mass is 127. The number of alkyl halides is 2. The van der Waals surface area contributed by atoms with E-state index in [4.69, 9.17) is 4.74 Å². The summed E-state index contributed by atoms with van der Waals surface area (Å²) in [4.78, 5) is 0. The zero-order valence-electron chi connectivity index (χ0n) is 8.52. The fourth-order valence-corrected chi connectivity index (χ4v) is 2.12. The van der Waals surface area contributed by atoms with Gasteiger partial charge >= 0.3 is 6.61 Å². The second kappa shape index (κ2) is 4.60. The molecule has 2 rings (SSSR count). The van der Waals surface area contributed by atoms with E-state index in [0.717, 1.165) is 14.8 Å². The summed E-state index contributed by atoms with van der Waals surface area (Å²) in [6.07, 6.45) is 0. The Bertz CT molecular complexity index is 412. The molecule has 0 saturated heterocycles. The molecule has 1 aliphatic heterocycles. The van der Waals surface area contributed by atoms with Crippen LogP contribution in [0.4, 0.5) is 14.5 Å². The molecule has 0 radical (unpaired) electrons. The van der Waals surface area contributed by atoms with Gasteiger partial charge < -0.3 is 14.8 Å². The van der Waals surface area contributed by atoms with Crippen molar-refractivity contribution in [2.45, 2.75) is 13.5 Å². The Balaban J connectivity index is 2.48. The number of halogens is 3. The van der Waals surface area contributed by atoms with Gasteiger partial charge in [-0.3, -0.25) is 0 Å². The van der Waals surface area contributed by atoms with Gasteiger partial charge in [0, 0.05) is 10.1 Å². The Morgan fingerprint density at radius 2 is 2.31 bits per heavy atom. The van der Waals surface area contributed by atoms with E-state index in [-0.39, 0.29) is 5.75 Å². The van der Waals surface area contributed by atoms with Crippen LogP contribution in [0.2, 0.25) is 0 Å². The van der Waals surface area contributed by atoms with E-state index >= 15 is 0 Å². The maximum absolute atomic E-state index is 12.2. The molecule has 1 N–H and O–H groups in total. The highest BCUT2D eigenvalue weighted by Gasteiger charge is 2.21. The molecule has 1 heterocycles. The van der Waals surface area contributed by atoms with Gasteiger partial charge in [0.05, 0.1) is 5.69 Å². The maximum atomic E-state index is 12.2. The summed E-state index contributed by atoms with van der Waals surface area (Å²) in [5.74, 6) is 0.469. The van der Waals surface area contributed by atoms with Crippen LogP contribution in [0.1, 0.15) is 5.56 Å². The molecule has 0 aromatic heterocycles. The molecule has 16 heavy (non-hydrogen) atoms. The number of fused-ring (bicyclic) bond motifs is 1. The Labute approximate surface area is 105 Å². The summed E-state index contributed by atoms with van der Waals surface area (Å²) in [6.45, 7) is 0.191. The molecule has 0 bridgehead atoms. The molecule has 0 atom stereocenters. The smallest absolute Gasteiger partial charge is 0.387 e. The Morgan fingerprint density at radius 1 is 1.56 bits per heavy atom. The van der Waals surface area contributed by atoms with E-state index < -0.39 is 6.61 Å². The SMILES string of the molecule is Cc1c(I)cc(OC(F)F)c2c1NCCO2. The molecule has 0 unspecified atom stereocenters. The number of anilines is 1. The van der Waals surface area contributed by atoms with Gasteiger partial charge in [-0.05, 0) is 41.1 Å². The first-order chi connectivity index (χ1) is 7.59. The summed E-state index contributed by atoms with van der Waals surface area (Å²) in [7, 11) is 0. The van der Waals surface area contributed by atoms with Crippen molar-refractivity contribution in [2.24, 2.45) is 0 Å². The molecule has 1 aromatic carbocycles. The van der Waals surface area contributed by atoms with Crippen molar-refractivity contribution in [1.82, 2.24) is 0 Å². The van der Waals surface area contributed by atoms with Crippen molar-refractivity contribution >= 4 is 28.3 Å². The highest BCUT2D eigenvalue weighted by molar-refractivity contribution is 14.1. The molecule has 0 amide bonds. The molecule has 0 aliphatic carbocycles. The van der Waals surface area contributed by atoms with Crippen molar-refractivity contribution in [3.05, 3.63) is 15.2 Å². The Hall–Kier alpha value is -0.790. The van der Waals surface area contributed by atoms with Gasteiger partial charge in [-0.25, -0.2) is 0 Å². The van der Waals surface area contributed by atoms with Crippen LogP contribution >= 0.6 is 22.6 Å². The van der Waals surface area contributed by atoms with E-state index in [9.17, 15) is 8.78 Å². The maximum Gasteiger partial charge on any atom is 0.387 e. The zero-order chi connectivity index (χ0) is 11.7. The van der Waals surface area contributed by atoms with Crippen molar-refractivity contribution < 1.29 is 18.3 Å². The van der Waals surface area contributed by atoms with Crippen LogP contribution in [-0.2, 0) is 0 Å². The topological polar surface area (TPSA) is 30.5 Å². The minimum atomic E-state index is -2.84. The molecular formula is C10H10F2INO2. The largest absolute Gasteiger partial charge is 0.486 e. The molecule has 6 heteroatoms. The van der Waals surface area contributed by atoms with E-state index in [0.29, 0.717) is 18.9 Å². The van der Waals surface area contributed by atoms with E-state index in [1.54, 1.807) is 6.07 Å². The van der Waals surface area contributed by atoms with Gasteiger partial charge in [-0.1, -0.05) is 0 Å². The third-order valence-corrected chi connectivity index (χ3v) is 3.43. The quantitative estimate of drug-likeness (QED) is 0.839. The lowest BCUT2D eigenvalue weighted by Gasteiger charge is -2.24. The predicted molar refractivity (Wildman–Crippen MR) is 64.5 cm³/mol. The van der Waals surface area contributed by atoms with Crippen molar-refractivity contribution in [1.29, 1.82) is 0 Å². The van der Waals surface area contributed by atoms with Crippen LogP contribution in [-0.4, -0.2) is 19.8 Å². The second-order valence-electron chi connectivity index (χ2n) is 3.34. The average Bonchev–Trinajstić information content (AvgIpc) is 2.25. The van der Waals surface area contributed by atoms with E-state index in [1.165, 1.54) is 0 Å². The fraction of sp³-hybridized carbons (Fsp3) is 0.400. The Morgan fingerprint density at radius 3 is 3.00 bits per heavy atom. The minimum Gasteiger partial charge on any atom is -0.486 e. The van der Waals surface area contributed by atoms with E-state index in [2.05, 4.69) is 32.6 Å². The molecule has 0 fully saturated rings. The molecule has 1 aliphatic rings. The normalized spacial score (nSPS) is 14.1. The molecule has 1 aromatic rings. The van der Waals surface area contributed by atoms with E-state index in [1.807, 2.05) is 6.92 Å². The summed E-state index contributed by atoms with van der Waals surface area (Å²) in [5.41, 5.74) is 1.73. The van der Waals surface area contributed by atoms with Crippen molar-refractivity contribution in [3.8, 4) is 11.5 Å². The van der Waals surface area contributed by atoms with Gasteiger partial charge in [0.25, 0.3) is 0 Å². The number of hydrogen-bond acceptors (Lipinski definition) is 3. The number of benzene rings is 1. The average molecular weight is 341 g/mol. The summed E-state index contributed by atoms with van der Waals surface area (Å²) in [5, 5.41) is 3.13. The number of hydrogen-bond donors (Lipinski definition) is 1. The molecular weight excluding hydrogens is 331 g/mol. The first-order valence-electron chi connectivity index (χ1n) is 4.74. The highest BCUT2D eigenvalue weighted by Crippen LogP contribution is 2.42. The standard InChI is InChI=1S/C10H10F2INO2/c1-5-6(13)4-7(16-10(11)12)9-8(5)14-2-3-15-9/h4,10,14H,2-3H2,1H3. The van der Waals surface area contributed by atoms with Gasteiger partial charge in [0.1, 0.15) is 6.61 Å². The van der Waals surface area contributed by atoms with Gasteiger partial charge in [-0.2, -0.15) is 8.78 Å². The second-order valence-corrected chi connectivity index (χ2v) is 4.50. The lowest BCUT2D eigenvalue weighted by molar-refractivity contribution is -0.0515. The van der Waals surface area contributed by atoms with Crippen LogP contribution in [0.25, 0.3) is 0 Å². The number of nitrogens with one attached hydrogen (secondary N) is 1. The lowest BCUT2D eigenvalue weighted by atomic mass is 10.1. The predicted octanol–water partition coefficient (Wildman–Crippen LogP) is 3.01. The van der Waals surface area contributed by atoms with Crippen LogP contribution in [0.15, 0.2) is 6.07 Å². The summed E-state index contributed by atoms with van der Waals surface area (Å²) in [6, 6.07) is 1.56. The lowest BCUT2D eigenvalue weighted by Crippen LogP contribution is -2.20. The number of ether oxygens (including phenoxy) is 2. The Kier molecular flexibility index (Phi) is 3.36. The van der Waals surface area contributed by atoms with Gasteiger partial charge in [0.15, 0.2) is 11.5 Å². The number of rotatable bonds is 2. The molecule has 3 nitrogen and oxygen atoms in total. The first-order valence-corrected chi connectivity index (χ1v) is 5.82. The summed E-state index contributed by atoms with van der Waals surface area (Å²) >= 11 is 2.08. The van der Waals surface area contributed by atoms with Crippen LogP contribution < -0.4 is 14.8 Å². The van der Waals surface area contributed by atoms with Gasteiger partial charge in [-0.15, -0.1) is 0 Å². The van der Waals surface area contributed by atoms with Crippen LogP contribution in [0.5, 0.6) is 11.5 Å².